The molecule has 6 heteroatoms. The van der Waals surface area contributed by atoms with Crippen molar-refractivity contribution in [3.8, 4) is 0 Å². The molecule has 0 aliphatic rings. The van der Waals surface area contributed by atoms with Crippen LogP contribution in [0.3, 0.4) is 0 Å². The second-order valence-electron chi connectivity index (χ2n) is 7.44. The summed E-state index contributed by atoms with van der Waals surface area (Å²) in [7, 11) is -2.43. The van der Waals surface area contributed by atoms with Gasteiger partial charge in [0.1, 0.15) is 0 Å². The smallest absolute Gasteiger partial charge is 0.266 e. The van der Waals surface area contributed by atoms with Crippen LogP contribution < -0.4 is 0 Å². The first-order chi connectivity index (χ1) is 12.9. The van der Waals surface area contributed by atoms with Crippen LogP contribution in [-0.2, 0) is 14.9 Å². The maximum Gasteiger partial charge on any atom is 0.266 e. The zero-order chi connectivity index (χ0) is 20.4. The summed E-state index contributed by atoms with van der Waals surface area (Å²) in [5, 5.41) is 0. The lowest BCUT2D eigenvalue weighted by molar-refractivity contribution is -0.129. The number of rotatable bonds is 18. The lowest BCUT2D eigenvalue weighted by Crippen LogP contribution is -2.31. The molecule has 1 N–H and O–H groups in total. The molecule has 27 heavy (non-hydrogen) atoms. The Labute approximate surface area is 167 Å². The molecule has 160 valence electrons. The summed E-state index contributed by atoms with van der Waals surface area (Å²) in [6.45, 7) is 2.29. The van der Waals surface area contributed by atoms with Gasteiger partial charge in [0.05, 0.1) is 5.75 Å². The SMILES string of the molecule is CCCCCCCC/C=C/CCCCCCCC(=O)N(C)CCS(=O)(=O)O. The summed E-state index contributed by atoms with van der Waals surface area (Å²) in [6.07, 6.45) is 20.9. The molecular weight excluding hydrogens is 362 g/mol. The first kappa shape index (κ1) is 26.1. The molecule has 0 aliphatic heterocycles. The van der Waals surface area contributed by atoms with Crippen molar-refractivity contribution >= 4 is 16.0 Å². The van der Waals surface area contributed by atoms with Gasteiger partial charge in [0, 0.05) is 20.0 Å². The maximum atomic E-state index is 11.8. The Kier molecular flexibility index (Phi) is 16.7. The van der Waals surface area contributed by atoms with E-state index < -0.39 is 15.9 Å². The van der Waals surface area contributed by atoms with Crippen LogP contribution in [0.5, 0.6) is 0 Å². The van der Waals surface area contributed by atoms with Crippen LogP contribution in [0.4, 0.5) is 0 Å². The van der Waals surface area contributed by atoms with Crippen LogP contribution in [0.25, 0.3) is 0 Å². The highest BCUT2D eigenvalue weighted by Crippen LogP contribution is 2.10. The van der Waals surface area contributed by atoms with Crippen LogP contribution in [0, 0.1) is 0 Å². The first-order valence-electron chi connectivity index (χ1n) is 10.7. The molecule has 0 aromatic carbocycles. The second-order valence-corrected chi connectivity index (χ2v) is 9.01. The van der Waals surface area contributed by atoms with Crippen molar-refractivity contribution in [1.82, 2.24) is 4.90 Å². The number of carbonyl (C=O) groups is 1. The van der Waals surface area contributed by atoms with Crippen molar-refractivity contribution in [1.29, 1.82) is 0 Å². The van der Waals surface area contributed by atoms with Gasteiger partial charge in [0.15, 0.2) is 0 Å². The predicted molar refractivity (Wildman–Crippen MR) is 114 cm³/mol. The quantitative estimate of drug-likeness (QED) is 0.190. The Morgan fingerprint density at radius 1 is 0.852 bits per heavy atom. The van der Waals surface area contributed by atoms with Crippen molar-refractivity contribution in [2.75, 3.05) is 19.3 Å². The number of amides is 1. The van der Waals surface area contributed by atoms with Gasteiger partial charge in [-0.25, -0.2) is 0 Å². The van der Waals surface area contributed by atoms with Crippen LogP contribution >= 0.6 is 0 Å². The van der Waals surface area contributed by atoms with Crippen LogP contribution in [0.2, 0.25) is 0 Å². The van der Waals surface area contributed by atoms with Gasteiger partial charge in [-0.05, 0) is 32.1 Å². The Morgan fingerprint density at radius 2 is 1.33 bits per heavy atom. The molecule has 0 spiro atoms. The van der Waals surface area contributed by atoms with E-state index in [1.807, 2.05) is 0 Å². The summed E-state index contributed by atoms with van der Waals surface area (Å²) in [4.78, 5) is 13.2. The third-order valence-corrected chi connectivity index (χ3v) is 5.46. The summed E-state index contributed by atoms with van der Waals surface area (Å²) >= 11 is 0. The molecule has 0 aromatic rings. The van der Waals surface area contributed by atoms with Crippen molar-refractivity contribution in [3.05, 3.63) is 12.2 Å². The largest absolute Gasteiger partial charge is 0.345 e. The van der Waals surface area contributed by atoms with Crippen molar-refractivity contribution in [3.63, 3.8) is 0 Å². The lowest BCUT2D eigenvalue weighted by atomic mass is 10.1. The Bertz CT molecular complexity index is 488. The molecule has 0 saturated heterocycles. The van der Waals surface area contributed by atoms with Crippen molar-refractivity contribution in [2.24, 2.45) is 0 Å². The highest BCUT2D eigenvalue weighted by molar-refractivity contribution is 7.85. The van der Waals surface area contributed by atoms with E-state index in [0.717, 1.165) is 25.7 Å². The molecule has 5 nitrogen and oxygen atoms in total. The average molecular weight is 404 g/mol. The van der Waals surface area contributed by atoms with Gasteiger partial charge in [-0.3, -0.25) is 9.35 Å². The van der Waals surface area contributed by atoms with E-state index in [2.05, 4.69) is 19.1 Å². The maximum absolute atomic E-state index is 11.8. The minimum atomic E-state index is -4.00. The molecule has 0 aromatic heterocycles. The average Bonchev–Trinajstić information content (AvgIpc) is 2.62. The molecule has 0 heterocycles. The highest BCUT2D eigenvalue weighted by atomic mass is 32.2. The second kappa shape index (κ2) is 17.2. The third kappa shape index (κ3) is 19.7. The molecule has 0 atom stereocenters. The normalized spacial score (nSPS) is 12.0. The number of carbonyl (C=O) groups excluding carboxylic acids is 1. The van der Waals surface area contributed by atoms with Crippen molar-refractivity contribution < 1.29 is 17.8 Å². The molecule has 0 fully saturated rings. The van der Waals surface area contributed by atoms with E-state index in [1.165, 1.54) is 62.7 Å². The van der Waals surface area contributed by atoms with Gasteiger partial charge < -0.3 is 4.90 Å². The highest BCUT2D eigenvalue weighted by Gasteiger charge is 2.12. The fraction of sp³-hybridized carbons (Fsp3) is 0.857. The Hall–Kier alpha value is -0.880. The molecule has 1 amide bonds. The molecular formula is C21H41NO4S. The van der Waals surface area contributed by atoms with E-state index in [4.69, 9.17) is 4.55 Å². The summed E-state index contributed by atoms with van der Waals surface area (Å²) < 4.78 is 30.1. The topological polar surface area (TPSA) is 74.7 Å². The van der Waals surface area contributed by atoms with Crippen LogP contribution in [0.1, 0.15) is 96.8 Å². The van der Waals surface area contributed by atoms with E-state index in [1.54, 1.807) is 7.05 Å². The summed E-state index contributed by atoms with van der Waals surface area (Å²) in [6, 6.07) is 0. The number of hydrogen-bond donors (Lipinski definition) is 1. The standard InChI is InChI=1S/C21H41NO4S/c1-3-4-5-6-7-8-9-10-11-12-13-14-15-16-17-18-21(23)22(2)19-20-27(24,25)26/h10-11H,3-9,12-20H2,1-2H3,(H,24,25,26)/b11-10+. The number of hydrogen-bond acceptors (Lipinski definition) is 3. The van der Waals surface area contributed by atoms with E-state index in [9.17, 15) is 13.2 Å². The molecule has 0 aliphatic carbocycles. The molecule has 0 rings (SSSR count). The van der Waals surface area contributed by atoms with Crippen LogP contribution in [-0.4, -0.2) is 43.1 Å². The van der Waals surface area contributed by atoms with Crippen molar-refractivity contribution in [2.45, 2.75) is 96.8 Å². The fourth-order valence-electron chi connectivity index (χ4n) is 2.91. The van der Waals surface area contributed by atoms with E-state index in [-0.39, 0.29) is 12.5 Å². The van der Waals surface area contributed by atoms with Gasteiger partial charge in [-0.2, -0.15) is 8.42 Å². The van der Waals surface area contributed by atoms with Gasteiger partial charge in [-0.15, -0.1) is 0 Å². The van der Waals surface area contributed by atoms with Gasteiger partial charge in [0.25, 0.3) is 10.1 Å². The summed E-state index contributed by atoms with van der Waals surface area (Å²) in [5.74, 6) is -0.460. The van der Waals surface area contributed by atoms with Gasteiger partial charge in [0.2, 0.25) is 5.91 Å². The minimum absolute atomic E-state index is 0.0444. The third-order valence-electron chi connectivity index (χ3n) is 4.76. The Morgan fingerprint density at radius 3 is 1.85 bits per heavy atom. The number of unbranched alkanes of at least 4 members (excludes halogenated alkanes) is 11. The zero-order valence-corrected chi connectivity index (χ0v) is 18.3. The van der Waals surface area contributed by atoms with E-state index >= 15 is 0 Å². The molecule has 0 bridgehead atoms. The van der Waals surface area contributed by atoms with Gasteiger partial charge >= 0.3 is 0 Å². The van der Waals surface area contributed by atoms with Gasteiger partial charge in [-0.1, -0.05) is 70.4 Å². The predicted octanol–water partition coefficient (Wildman–Crippen LogP) is 5.37. The fourth-order valence-corrected chi connectivity index (χ4v) is 3.42. The number of allylic oxidation sites excluding steroid dienone is 2. The Balaban J connectivity index is 3.41. The zero-order valence-electron chi connectivity index (χ0n) is 17.5. The van der Waals surface area contributed by atoms with Crippen LogP contribution in [0.15, 0.2) is 12.2 Å². The number of nitrogens with zero attached hydrogens (tertiary/aromatic N) is 1. The molecule has 0 saturated carbocycles. The first-order valence-corrected chi connectivity index (χ1v) is 12.3. The molecule has 0 unspecified atom stereocenters. The monoisotopic (exact) mass is 403 g/mol. The minimum Gasteiger partial charge on any atom is -0.345 e. The molecule has 0 radical (unpaired) electrons. The summed E-state index contributed by atoms with van der Waals surface area (Å²) in [5.41, 5.74) is 0. The lowest BCUT2D eigenvalue weighted by Gasteiger charge is -2.16. The van der Waals surface area contributed by atoms with E-state index in [0.29, 0.717) is 6.42 Å².